The first-order chi connectivity index (χ1) is 13.7. The molecule has 2 rings (SSSR count). The summed E-state index contributed by atoms with van der Waals surface area (Å²) >= 11 is 0. The molecule has 1 aromatic heterocycles. The quantitative estimate of drug-likeness (QED) is 0.681. The molecule has 0 bridgehead atoms. The zero-order chi connectivity index (χ0) is 21.6. The molecular formula is C21H27N3O5. The number of nitrogens with zero attached hydrogens (tertiary/aromatic N) is 2. The van der Waals surface area contributed by atoms with Crippen molar-refractivity contribution in [1.82, 2.24) is 15.1 Å². The van der Waals surface area contributed by atoms with E-state index in [1.807, 2.05) is 27.7 Å². The average molecular weight is 401 g/mol. The van der Waals surface area contributed by atoms with Gasteiger partial charge in [0.25, 0.3) is 5.91 Å². The molecule has 0 aliphatic carbocycles. The second-order valence-corrected chi connectivity index (χ2v) is 6.98. The van der Waals surface area contributed by atoms with Crippen molar-refractivity contribution >= 4 is 17.8 Å². The third-order valence-corrected chi connectivity index (χ3v) is 4.38. The number of aromatic nitrogens is 2. The van der Waals surface area contributed by atoms with E-state index >= 15 is 0 Å². The van der Waals surface area contributed by atoms with E-state index in [0.717, 1.165) is 22.6 Å². The normalized spacial score (nSPS) is 10.7. The van der Waals surface area contributed by atoms with Gasteiger partial charge in [-0.2, -0.15) is 5.10 Å². The molecule has 0 aliphatic heterocycles. The standard InChI is InChI=1S/C21H27N3O5/c1-13(2)22-19(25)12-29-21(27)16-6-8-17(9-7-16)24-15(4)18(14(3)23-24)10-11-20(26)28-5/h6-9,13H,10-12H2,1-5H3,(H,22,25). The van der Waals surface area contributed by atoms with Crippen molar-refractivity contribution in [2.45, 2.75) is 46.6 Å². The first-order valence-electron chi connectivity index (χ1n) is 9.41. The molecule has 156 valence electrons. The van der Waals surface area contributed by atoms with Crippen LogP contribution in [0.4, 0.5) is 0 Å². The van der Waals surface area contributed by atoms with Gasteiger partial charge in [-0.3, -0.25) is 9.59 Å². The average Bonchev–Trinajstić information content (AvgIpc) is 2.97. The first kappa shape index (κ1) is 22.1. The lowest BCUT2D eigenvalue weighted by molar-refractivity contribution is -0.140. The Morgan fingerprint density at radius 1 is 1.14 bits per heavy atom. The van der Waals surface area contributed by atoms with Crippen LogP contribution in [0.3, 0.4) is 0 Å². The molecule has 8 nitrogen and oxygen atoms in total. The third-order valence-electron chi connectivity index (χ3n) is 4.38. The minimum atomic E-state index is -0.567. The summed E-state index contributed by atoms with van der Waals surface area (Å²) in [7, 11) is 1.37. The molecule has 0 saturated carbocycles. The monoisotopic (exact) mass is 401 g/mol. The summed E-state index contributed by atoms with van der Waals surface area (Å²) < 4.78 is 11.5. The summed E-state index contributed by atoms with van der Waals surface area (Å²) in [5.74, 6) is -1.17. The first-order valence-corrected chi connectivity index (χ1v) is 9.41. The number of rotatable bonds is 8. The topological polar surface area (TPSA) is 99.5 Å². The molecule has 0 fully saturated rings. The summed E-state index contributed by atoms with van der Waals surface area (Å²) in [6.45, 7) is 7.17. The van der Waals surface area contributed by atoms with Crippen LogP contribution >= 0.6 is 0 Å². The van der Waals surface area contributed by atoms with Crippen LogP contribution in [0.25, 0.3) is 5.69 Å². The number of ether oxygens (including phenoxy) is 2. The van der Waals surface area contributed by atoms with Crippen molar-refractivity contribution in [1.29, 1.82) is 0 Å². The number of methoxy groups -OCH3 is 1. The van der Waals surface area contributed by atoms with Crippen molar-refractivity contribution in [2.24, 2.45) is 0 Å². The number of benzene rings is 1. The molecule has 8 heteroatoms. The highest BCUT2D eigenvalue weighted by molar-refractivity contribution is 5.91. The van der Waals surface area contributed by atoms with Crippen LogP contribution in [0, 0.1) is 13.8 Å². The predicted octanol–water partition coefficient (Wildman–Crippen LogP) is 2.28. The van der Waals surface area contributed by atoms with E-state index in [4.69, 9.17) is 9.47 Å². The fourth-order valence-electron chi connectivity index (χ4n) is 2.93. The van der Waals surface area contributed by atoms with Crippen molar-refractivity contribution in [3.8, 4) is 5.69 Å². The Bertz CT molecular complexity index is 884. The number of hydrogen-bond donors (Lipinski definition) is 1. The molecule has 2 aromatic rings. The van der Waals surface area contributed by atoms with Gasteiger partial charge in [-0.05, 0) is 63.9 Å². The summed E-state index contributed by atoms with van der Waals surface area (Å²) in [4.78, 5) is 35.1. The second-order valence-electron chi connectivity index (χ2n) is 6.98. The van der Waals surface area contributed by atoms with Gasteiger partial charge >= 0.3 is 11.9 Å². The molecule has 0 spiro atoms. The number of esters is 2. The van der Waals surface area contributed by atoms with Gasteiger partial charge in [-0.15, -0.1) is 0 Å². The predicted molar refractivity (Wildman–Crippen MR) is 107 cm³/mol. The van der Waals surface area contributed by atoms with E-state index in [0.29, 0.717) is 18.4 Å². The molecule has 0 aliphatic rings. The Balaban J connectivity index is 2.07. The third kappa shape index (κ3) is 5.91. The van der Waals surface area contributed by atoms with Crippen LogP contribution < -0.4 is 5.32 Å². The number of nitrogens with one attached hydrogen (secondary N) is 1. The maximum atomic E-state index is 12.1. The van der Waals surface area contributed by atoms with Gasteiger partial charge in [0.1, 0.15) is 0 Å². The minimum Gasteiger partial charge on any atom is -0.469 e. The van der Waals surface area contributed by atoms with Gasteiger partial charge in [-0.25, -0.2) is 9.48 Å². The van der Waals surface area contributed by atoms with Crippen LogP contribution in [0.5, 0.6) is 0 Å². The number of amides is 1. The molecule has 1 aromatic carbocycles. The maximum absolute atomic E-state index is 12.1. The largest absolute Gasteiger partial charge is 0.469 e. The molecular weight excluding hydrogens is 374 g/mol. The molecule has 1 heterocycles. The summed E-state index contributed by atoms with van der Waals surface area (Å²) in [6, 6.07) is 6.76. The van der Waals surface area contributed by atoms with Crippen molar-refractivity contribution < 1.29 is 23.9 Å². The van der Waals surface area contributed by atoms with E-state index < -0.39 is 5.97 Å². The van der Waals surface area contributed by atoms with Gasteiger partial charge in [0.15, 0.2) is 6.61 Å². The summed E-state index contributed by atoms with van der Waals surface area (Å²) in [6.07, 6.45) is 0.840. The zero-order valence-electron chi connectivity index (χ0n) is 17.4. The van der Waals surface area contributed by atoms with Crippen molar-refractivity contribution in [2.75, 3.05) is 13.7 Å². The van der Waals surface area contributed by atoms with Gasteiger partial charge in [0.2, 0.25) is 0 Å². The van der Waals surface area contributed by atoms with E-state index in [1.165, 1.54) is 7.11 Å². The van der Waals surface area contributed by atoms with Crippen LogP contribution in [0.1, 0.15) is 47.6 Å². The van der Waals surface area contributed by atoms with Crippen molar-refractivity contribution in [3.63, 3.8) is 0 Å². The van der Waals surface area contributed by atoms with Gasteiger partial charge < -0.3 is 14.8 Å². The Morgan fingerprint density at radius 2 is 1.79 bits per heavy atom. The Morgan fingerprint density at radius 3 is 2.38 bits per heavy atom. The lowest BCUT2D eigenvalue weighted by Crippen LogP contribution is -2.33. The summed E-state index contributed by atoms with van der Waals surface area (Å²) in [5, 5.41) is 7.20. The Hall–Kier alpha value is -3.16. The highest BCUT2D eigenvalue weighted by atomic mass is 16.5. The second kappa shape index (κ2) is 9.86. The number of hydrogen-bond acceptors (Lipinski definition) is 6. The highest BCUT2D eigenvalue weighted by Gasteiger charge is 2.15. The number of aryl methyl sites for hydroxylation is 1. The molecule has 0 radical (unpaired) electrons. The van der Waals surface area contributed by atoms with Crippen LogP contribution in [0.2, 0.25) is 0 Å². The molecule has 0 atom stereocenters. The van der Waals surface area contributed by atoms with Crippen LogP contribution in [-0.2, 0) is 25.5 Å². The lowest BCUT2D eigenvalue weighted by Gasteiger charge is -2.09. The van der Waals surface area contributed by atoms with Crippen molar-refractivity contribution in [3.05, 3.63) is 46.8 Å². The lowest BCUT2D eigenvalue weighted by atomic mass is 10.1. The number of carbonyl (C=O) groups is 3. The van der Waals surface area contributed by atoms with Gasteiger partial charge in [-0.1, -0.05) is 0 Å². The van der Waals surface area contributed by atoms with Crippen LogP contribution in [0.15, 0.2) is 24.3 Å². The molecule has 0 unspecified atom stereocenters. The van der Waals surface area contributed by atoms with E-state index in [2.05, 4.69) is 10.4 Å². The zero-order valence-corrected chi connectivity index (χ0v) is 17.4. The maximum Gasteiger partial charge on any atom is 0.338 e. The summed E-state index contributed by atoms with van der Waals surface area (Å²) in [5.41, 5.74) is 3.88. The van der Waals surface area contributed by atoms with Gasteiger partial charge in [0.05, 0.1) is 24.1 Å². The molecule has 0 saturated heterocycles. The van der Waals surface area contributed by atoms with E-state index in [-0.39, 0.29) is 24.5 Å². The van der Waals surface area contributed by atoms with Gasteiger partial charge in [0, 0.05) is 18.2 Å². The minimum absolute atomic E-state index is 0.0150. The Kier molecular flexibility index (Phi) is 7.52. The van der Waals surface area contributed by atoms with Crippen LogP contribution in [-0.4, -0.2) is 47.4 Å². The SMILES string of the molecule is COC(=O)CCc1c(C)nn(-c2ccc(C(=O)OCC(=O)NC(C)C)cc2)c1C. The van der Waals surface area contributed by atoms with E-state index in [1.54, 1.807) is 28.9 Å². The molecule has 1 amide bonds. The fraction of sp³-hybridized carbons (Fsp3) is 0.429. The molecule has 29 heavy (non-hydrogen) atoms. The van der Waals surface area contributed by atoms with E-state index in [9.17, 15) is 14.4 Å². The number of carbonyl (C=O) groups excluding carboxylic acids is 3. The highest BCUT2D eigenvalue weighted by Crippen LogP contribution is 2.20. The Labute approximate surface area is 170 Å². The fourth-order valence-corrected chi connectivity index (χ4v) is 2.93. The molecule has 1 N–H and O–H groups in total. The smallest absolute Gasteiger partial charge is 0.338 e.